The number of hydrogen-bond donors (Lipinski definition) is 0. The first-order valence-electron chi connectivity index (χ1n) is 3.55. The fourth-order valence-electron chi connectivity index (χ4n) is 1.30. The summed E-state index contributed by atoms with van der Waals surface area (Å²) in [5, 5.41) is 0. The molecule has 0 N–H and O–H groups in total. The van der Waals surface area contributed by atoms with Gasteiger partial charge in [0, 0.05) is 6.20 Å². The fraction of sp³-hybridized carbons (Fsp3) is 0.250. The van der Waals surface area contributed by atoms with Crippen LogP contribution in [0.4, 0.5) is 0 Å². The standard InChI is InChI=1S/C8H8N2O/c11-6-8-9-5-7-3-1-2-4-10(7)8/h1-4,6-7H,5H2. The van der Waals surface area contributed by atoms with Crippen molar-refractivity contribution < 1.29 is 4.79 Å². The van der Waals surface area contributed by atoms with Crippen molar-refractivity contribution in [3.05, 3.63) is 24.4 Å². The van der Waals surface area contributed by atoms with E-state index < -0.39 is 0 Å². The number of nitrogens with zero attached hydrogens (tertiary/aromatic N) is 2. The Hall–Kier alpha value is -1.38. The van der Waals surface area contributed by atoms with Gasteiger partial charge in [0.1, 0.15) is 0 Å². The zero-order chi connectivity index (χ0) is 7.68. The maximum Gasteiger partial charge on any atom is 0.185 e. The highest BCUT2D eigenvalue weighted by Gasteiger charge is 2.23. The van der Waals surface area contributed by atoms with Gasteiger partial charge in [0.25, 0.3) is 0 Å². The molecule has 0 radical (unpaired) electrons. The molecule has 1 unspecified atom stereocenters. The summed E-state index contributed by atoms with van der Waals surface area (Å²) in [6, 6.07) is 0.278. The van der Waals surface area contributed by atoms with Crippen molar-refractivity contribution in [2.24, 2.45) is 4.99 Å². The highest BCUT2D eigenvalue weighted by Crippen LogP contribution is 2.14. The summed E-state index contributed by atoms with van der Waals surface area (Å²) in [6.45, 7) is 0.703. The minimum absolute atomic E-state index is 0.278. The molecule has 3 nitrogen and oxygen atoms in total. The Morgan fingerprint density at radius 2 is 2.55 bits per heavy atom. The van der Waals surface area contributed by atoms with E-state index in [0.29, 0.717) is 12.4 Å². The van der Waals surface area contributed by atoms with Crippen molar-refractivity contribution in [2.75, 3.05) is 6.54 Å². The molecular weight excluding hydrogens is 140 g/mol. The molecule has 3 heteroatoms. The first-order valence-corrected chi connectivity index (χ1v) is 3.55. The molecule has 0 spiro atoms. The Morgan fingerprint density at radius 3 is 3.36 bits per heavy atom. The molecule has 2 rings (SSSR count). The Labute approximate surface area is 64.7 Å². The summed E-state index contributed by atoms with van der Waals surface area (Å²) < 4.78 is 0. The zero-order valence-corrected chi connectivity index (χ0v) is 5.97. The molecule has 0 amide bonds. The van der Waals surface area contributed by atoms with Crippen LogP contribution in [0.15, 0.2) is 29.4 Å². The number of fused-ring (bicyclic) bond motifs is 1. The molecule has 0 saturated heterocycles. The summed E-state index contributed by atoms with van der Waals surface area (Å²) in [7, 11) is 0. The number of hydrogen-bond acceptors (Lipinski definition) is 3. The Kier molecular flexibility index (Phi) is 1.35. The van der Waals surface area contributed by atoms with Crippen molar-refractivity contribution in [3.63, 3.8) is 0 Å². The first kappa shape index (κ1) is 6.34. The van der Waals surface area contributed by atoms with Gasteiger partial charge in [0.2, 0.25) is 0 Å². The topological polar surface area (TPSA) is 32.7 Å². The van der Waals surface area contributed by atoms with Crippen LogP contribution in [0.3, 0.4) is 0 Å². The maximum atomic E-state index is 10.4. The molecule has 11 heavy (non-hydrogen) atoms. The lowest BCUT2D eigenvalue weighted by molar-refractivity contribution is -0.103. The molecule has 0 bridgehead atoms. The van der Waals surface area contributed by atoms with Gasteiger partial charge in [-0.2, -0.15) is 0 Å². The van der Waals surface area contributed by atoms with Gasteiger partial charge in [-0.1, -0.05) is 12.2 Å². The summed E-state index contributed by atoms with van der Waals surface area (Å²) in [4.78, 5) is 16.4. The largest absolute Gasteiger partial charge is 0.322 e. The molecule has 1 atom stereocenters. The van der Waals surface area contributed by atoms with Crippen LogP contribution < -0.4 is 0 Å². The first-order chi connectivity index (χ1) is 5.42. The number of rotatable bonds is 1. The third-order valence-corrected chi connectivity index (χ3v) is 1.86. The van der Waals surface area contributed by atoms with E-state index in [1.807, 2.05) is 29.3 Å². The van der Waals surface area contributed by atoms with E-state index in [0.717, 1.165) is 6.29 Å². The van der Waals surface area contributed by atoms with Crippen LogP contribution >= 0.6 is 0 Å². The van der Waals surface area contributed by atoms with Crippen molar-refractivity contribution in [3.8, 4) is 0 Å². The van der Waals surface area contributed by atoms with Crippen LogP contribution in [-0.4, -0.2) is 29.6 Å². The second-order valence-corrected chi connectivity index (χ2v) is 2.52. The third-order valence-electron chi connectivity index (χ3n) is 1.86. The molecule has 56 valence electrons. The third kappa shape index (κ3) is 0.888. The maximum absolute atomic E-state index is 10.4. The average Bonchev–Trinajstić information content (AvgIpc) is 2.47. The van der Waals surface area contributed by atoms with E-state index in [9.17, 15) is 4.79 Å². The van der Waals surface area contributed by atoms with Gasteiger partial charge in [-0.3, -0.25) is 9.79 Å². The van der Waals surface area contributed by atoms with Crippen molar-refractivity contribution in [1.82, 2.24) is 4.90 Å². The summed E-state index contributed by atoms with van der Waals surface area (Å²) in [5.74, 6) is 0.538. The van der Waals surface area contributed by atoms with Gasteiger partial charge in [-0.15, -0.1) is 0 Å². The van der Waals surface area contributed by atoms with Gasteiger partial charge in [0.15, 0.2) is 12.1 Å². The molecule has 0 saturated carbocycles. The lowest BCUT2D eigenvalue weighted by atomic mass is 10.2. The second kappa shape index (κ2) is 2.34. The molecule has 0 fully saturated rings. The van der Waals surface area contributed by atoms with Gasteiger partial charge >= 0.3 is 0 Å². The van der Waals surface area contributed by atoms with Crippen LogP contribution in [0.5, 0.6) is 0 Å². The van der Waals surface area contributed by atoms with E-state index in [1.54, 1.807) is 0 Å². The SMILES string of the molecule is O=CC1=NCC2C=CC=CN12. The lowest BCUT2D eigenvalue weighted by Crippen LogP contribution is -2.32. The highest BCUT2D eigenvalue weighted by molar-refractivity contribution is 6.28. The average molecular weight is 148 g/mol. The zero-order valence-electron chi connectivity index (χ0n) is 5.97. The van der Waals surface area contributed by atoms with Crippen LogP contribution in [0.2, 0.25) is 0 Å². The summed E-state index contributed by atoms with van der Waals surface area (Å²) in [5.41, 5.74) is 0. The van der Waals surface area contributed by atoms with Gasteiger partial charge in [-0.05, 0) is 6.08 Å². The molecule has 0 aromatic carbocycles. The lowest BCUT2D eigenvalue weighted by Gasteiger charge is -2.20. The smallest absolute Gasteiger partial charge is 0.185 e. The van der Waals surface area contributed by atoms with Crippen molar-refractivity contribution in [1.29, 1.82) is 0 Å². The summed E-state index contributed by atoms with van der Waals surface area (Å²) >= 11 is 0. The molecule has 0 aromatic rings. The van der Waals surface area contributed by atoms with E-state index >= 15 is 0 Å². The van der Waals surface area contributed by atoms with Gasteiger partial charge in [0.05, 0.1) is 12.6 Å². The molecule has 0 aromatic heterocycles. The van der Waals surface area contributed by atoms with Crippen molar-refractivity contribution in [2.45, 2.75) is 6.04 Å². The molecule has 0 aliphatic carbocycles. The number of carbonyl (C=O) groups is 1. The van der Waals surface area contributed by atoms with Crippen LogP contribution in [0.25, 0.3) is 0 Å². The van der Waals surface area contributed by atoms with E-state index in [1.165, 1.54) is 0 Å². The predicted molar refractivity (Wildman–Crippen MR) is 42.3 cm³/mol. The Balaban J connectivity index is 2.26. The van der Waals surface area contributed by atoms with Crippen LogP contribution in [0, 0.1) is 0 Å². The molecule has 2 heterocycles. The predicted octanol–water partition coefficient (Wildman–Crippen LogP) is 0.351. The summed E-state index contributed by atoms with van der Waals surface area (Å²) in [6.07, 6.45) is 8.60. The molecular formula is C8H8N2O. The van der Waals surface area contributed by atoms with E-state index in [-0.39, 0.29) is 6.04 Å². The minimum atomic E-state index is 0.278. The van der Waals surface area contributed by atoms with E-state index in [2.05, 4.69) is 4.99 Å². The van der Waals surface area contributed by atoms with Gasteiger partial charge in [-0.25, -0.2) is 0 Å². The minimum Gasteiger partial charge on any atom is -0.322 e. The Morgan fingerprint density at radius 1 is 1.64 bits per heavy atom. The number of amidine groups is 1. The normalized spacial score (nSPS) is 26.7. The van der Waals surface area contributed by atoms with E-state index in [4.69, 9.17) is 0 Å². The number of aldehydes is 1. The Bertz CT molecular complexity index is 265. The quantitative estimate of drug-likeness (QED) is 0.503. The number of carbonyl (C=O) groups excluding carboxylic acids is 1. The fourth-order valence-corrected chi connectivity index (χ4v) is 1.30. The monoisotopic (exact) mass is 148 g/mol. The van der Waals surface area contributed by atoms with Gasteiger partial charge < -0.3 is 4.90 Å². The second-order valence-electron chi connectivity index (χ2n) is 2.52. The van der Waals surface area contributed by atoms with Crippen LogP contribution in [-0.2, 0) is 4.79 Å². The number of allylic oxidation sites excluding steroid dienone is 2. The molecule has 2 aliphatic heterocycles. The van der Waals surface area contributed by atoms with Crippen molar-refractivity contribution >= 4 is 12.1 Å². The van der Waals surface area contributed by atoms with Crippen LogP contribution in [0.1, 0.15) is 0 Å². The highest BCUT2D eigenvalue weighted by atomic mass is 16.1. The molecule has 2 aliphatic rings. The number of aliphatic imine (C=N–C) groups is 1.